The molecule has 0 aliphatic carbocycles. The van der Waals surface area contributed by atoms with Crippen LogP contribution in [-0.4, -0.2) is 37.9 Å². The molecule has 0 aromatic rings. The van der Waals surface area contributed by atoms with E-state index < -0.39 is 8.07 Å². The lowest BCUT2D eigenvalue weighted by Crippen LogP contribution is -2.66. The Morgan fingerprint density at radius 3 is 1.35 bits per heavy atom. The third kappa shape index (κ3) is 3.95. The molecule has 0 aliphatic rings. The van der Waals surface area contributed by atoms with E-state index in [1.165, 1.54) is 24.6 Å². The molecule has 0 radical (unpaired) electrons. The first kappa shape index (κ1) is 19.4. The van der Waals surface area contributed by atoms with Gasteiger partial charge in [-0.25, -0.2) is 0 Å². The van der Waals surface area contributed by atoms with E-state index in [0.29, 0.717) is 0 Å². The first-order valence-corrected chi connectivity index (χ1v) is 10.9. The van der Waals surface area contributed by atoms with Crippen molar-refractivity contribution in [2.75, 3.05) is 19.6 Å². The largest absolute Gasteiger partial charge is 0.315 e. The van der Waals surface area contributed by atoms with Gasteiger partial charge in [-0.2, -0.15) is 0 Å². The molecule has 0 fully saturated rings. The number of hydrogen-bond donors (Lipinski definition) is 0. The molecule has 1 atom stereocenters. The third-order valence-corrected chi connectivity index (χ3v) is 11.9. The first-order valence-electron chi connectivity index (χ1n) is 8.24. The summed E-state index contributed by atoms with van der Waals surface area (Å²) in [5, 5.41) is 0. The Morgan fingerprint density at radius 1 is 0.800 bits per heavy atom. The highest BCUT2D eigenvalue weighted by Gasteiger charge is 2.47. The second kappa shape index (κ2) is 9.35. The molecule has 20 heavy (non-hydrogen) atoms. The number of quaternary nitrogens is 1. The van der Waals surface area contributed by atoms with E-state index in [9.17, 15) is 0 Å². The molecule has 0 aromatic heterocycles. The average molecular weight is 295 g/mol. The lowest BCUT2D eigenvalue weighted by molar-refractivity contribution is -0.925. The van der Waals surface area contributed by atoms with Gasteiger partial charge in [-0.05, 0) is 24.6 Å². The van der Waals surface area contributed by atoms with Crippen LogP contribution in [0.15, 0.2) is 38.0 Å². The Balaban J connectivity index is 5.82. The Labute approximate surface area is 128 Å². The molecule has 116 valence electrons. The molecule has 0 bridgehead atoms. The number of rotatable bonds is 12. The molecule has 0 N–H and O–H groups in total. The molecule has 0 spiro atoms. The molecule has 0 saturated heterocycles. The summed E-state index contributed by atoms with van der Waals surface area (Å²) in [6.07, 6.45) is 7.54. The van der Waals surface area contributed by atoms with Crippen LogP contribution < -0.4 is 0 Å². The second-order valence-corrected chi connectivity index (χ2v) is 11.5. The average Bonchev–Trinajstić information content (AvgIpc) is 2.45. The fourth-order valence-electron chi connectivity index (χ4n) is 4.23. The minimum Gasteiger partial charge on any atom is -0.315 e. The summed E-state index contributed by atoms with van der Waals surface area (Å²) in [6, 6.07) is 4.14. The van der Waals surface area contributed by atoms with Crippen LogP contribution in [0.4, 0.5) is 0 Å². The predicted molar refractivity (Wildman–Crippen MR) is 96.7 cm³/mol. The maximum absolute atomic E-state index is 4.02. The normalized spacial score (nSPS) is 13.8. The van der Waals surface area contributed by atoms with Crippen molar-refractivity contribution >= 4 is 8.07 Å². The molecule has 0 saturated carbocycles. The van der Waals surface area contributed by atoms with Gasteiger partial charge in [-0.15, -0.1) is 0 Å². The zero-order chi connectivity index (χ0) is 15.6. The van der Waals surface area contributed by atoms with Crippen molar-refractivity contribution in [3.8, 4) is 0 Å². The standard InChI is InChI=1S/C18H36NSi/c1-8-15-19(16-9-2,17-10-3)18(11-4)20(12-5,13-6)14-7/h8-10,18H,1-3,11-17H2,4-7H3/q+1. The Bertz CT molecular complexity index is 270. The summed E-state index contributed by atoms with van der Waals surface area (Å²) in [4.78, 5) is 0. The molecule has 0 aliphatic heterocycles. The summed E-state index contributed by atoms with van der Waals surface area (Å²) in [7, 11) is -1.27. The minimum absolute atomic E-state index is 0.775. The van der Waals surface area contributed by atoms with Crippen LogP contribution >= 0.6 is 0 Å². The third-order valence-electron chi connectivity index (χ3n) is 5.35. The molecule has 2 heteroatoms. The van der Waals surface area contributed by atoms with Gasteiger partial charge in [-0.3, -0.25) is 0 Å². The summed E-state index contributed by atoms with van der Waals surface area (Å²) in [5.74, 6) is 0. The maximum Gasteiger partial charge on any atom is 0.123 e. The number of hydrogen-bond acceptors (Lipinski definition) is 0. The topological polar surface area (TPSA) is 0 Å². The van der Waals surface area contributed by atoms with Crippen LogP contribution in [-0.2, 0) is 0 Å². The molecule has 0 rings (SSSR count). The fraction of sp³-hybridized carbons (Fsp3) is 0.667. The molecule has 0 aromatic carbocycles. The van der Waals surface area contributed by atoms with Crippen LogP contribution in [0.1, 0.15) is 34.1 Å². The van der Waals surface area contributed by atoms with E-state index in [1.54, 1.807) is 0 Å². The highest BCUT2D eigenvalue weighted by Crippen LogP contribution is 2.34. The zero-order valence-electron chi connectivity index (χ0n) is 14.3. The van der Waals surface area contributed by atoms with E-state index in [0.717, 1.165) is 29.8 Å². The van der Waals surface area contributed by atoms with E-state index >= 15 is 0 Å². The first-order chi connectivity index (χ1) is 9.56. The Morgan fingerprint density at radius 2 is 1.15 bits per heavy atom. The van der Waals surface area contributed by atoms with Crippen LogP contribution in [0, 0.1) is 0 Å². The van der Waals surface area contributed by atoms with E-state index in [1.807, 2.05) is 0 Å². The second-order valence-electron chi connectivity index (χ2n) is 5.98. The van der Waals surface area contributed by atoms with Crippen LogP contribution in [0.5, 0.6) is 0 Å². The van der Waals surface area contributed by atoms with Crippen molar-refractivity contribution in [2.45, 2.75) is 57.9 Å². The molecule has 1 unspecified atom stereocenters. The van der Waals surface area contributed by atoms with Gasteiger partial charge in [0.05, 0.1) is 25.3 Å². The monoisotopic (exact) mass is 294 g/mol. The molecular formula is C18H36NSi+. The van der Waals surface area contributed by atoms with Gasteiger partial charge in [0.25, 0.3) is 0 Å². The SMILES string of the molecule is C=CC[N+](CC=C)(CC=C)C(CC)[Si](CC)(CC)CC. The highest BCUT2D eigenvalue weighted by atomic mass is 28.3. The highest BCUT2D eigenvalue weighted by molar-refractivity contribution is 6.80. The van der Waals surface area contributed by atoms with Crippen molar-refractivity contribution in [2.24, 2.45) is 0 Å². The van der Waals surface area contributed by atoms with Crippen molar-refractivity contribution in [1.82, 2.24) is 0 Å². The lowest BCUT2D eigenvalue weighted by atomic mass is 10.2. The molecule has 1 nitrogen and oxygen atoms in total. The zero-order valence-corrected chi connectivity index (χ0v) is 15.3. The van der Waals surface area contributed by atoms with Gasteiger partial charge >= 0.3 is 0 Å². The van der Waals surface area contributed by atoms with Crippen molar-refractivity contribution in [1.29, 1.82) is 0 Å². The summed E-state index contributed by atoms with van der Waals surface area (Å²) in [5.41, 5.74) is 0.775. The quantitative estimate of drug-likeness (QED) is 0.264. The maximum atomic E-state index is 4.02. The Kier molecular flexibility index (Phi) is 9.07. The summed E-state index contributed by atoms with van der Waals surface area (Å²) in [6.45, 7) is 24.7. The van der Waals surface area contributed by atoms with Crippen molar-refractivity contribution in [3.63, 3.8) is 0 Å². The van der Waals surface area contributed by atoms with Crippen LogP contribution in [0.3, 0.4) is 0 Å². The number of nitrogens with zero attached hydrogens (tertiary/aromatic N) is 1. The smallest absolute Gasteiger partial charge is 0.123 e. The Hall–Kier alpha value is -0.603. The summed E-state index contributed by atoms with van der Waals surface area (Å²) < 4.78 is 1.09. The predicted octanol–water partition coefficient (Wildman–Crippen LogP) is 5.19. The van der Waals surface area contributed by atoms with Crippen LogP contribution in [0.25, 0.3) is 0 Å². The molecular weight excluding hydrogens is 258 g/mol. The molecule has 0 amide bonds. The van der Waals surface area contributed by atoms with Crippen molar-refractivity contribution in [3.05, 3.63) is 38.0 Å². The van der Waals surface area contributed by atoms with Gasteiger partial charge in [0, 0.05) is 0 Å². The van der Waals surface area contributed by atoms with Crippen LogP contribution in [0.2, 0.25) is 18.1 Å². The summed E-state index contributed by atoms with van der Waals surface area (Å²) >= 11 is 0. The van der Waals surface area contributed by atoms with Gasteiger partial charge in [0.1, 0.15) is 8.07 Å². The van der Waals surface area contributed by atoms with E-state index in [-0.39, 0.29) is 0 Å². The minimum atomic E-state index is -1.27. The van der Waals surface area contributed by atoms with E-state index in [4.69, 9.17) is 0 Å². The molecule has 0 heterocycles. The van der Waals surface area contributed by atoms with Crippen molar-refractivity contribution < 1.29 is 4.48 Å². The lowest BCUT2D eigenvalue weighted by Gasteiger charge is -2.51. The van der Waals surface area contributed by atoms with Gasteiger partial charge < -0.3 is 4.48 Å². The van der Waals surface area contributed by atoms with Gasteiger partial charge in [-0.1, -0.05) is 65.6 Å². The fourth-order valence-corrected chi connectivity index (χ4v) is 9.49. The van der Waals surface area contributed by atoms with Gasteiger partial charge in [0.15, 0.2) is 0 Å². The van der Waals surface area contributed by atoms with E-state index in [2.05, 4.69) is 65.7 Å². The van der Waals surface area contributed by atoms with Gasteiger partial charge in [0.2, 0.25) is 0 Å².